The van der Waals surface area contributed by atoms with E-state index in [4.69, 9.17) is 9.36 Å². The number of aryl methyl sites for hydroxylation is 1. The van der Waals surface area contributed by atoms with Crippen LogP contribution in [0.4, 0.5) is 0 Å². The fourth-order valence-corrected chi connectivity index (χ4v) is 2.78. The van der Waals surface area contributed by atoms with Crippen molar-refractivity contribution >= 4 is 11.6 Å². The van der Waals surface area contributed by atoms with Crippen molar-refractivity contribution in [2.75, 3.05) is 19.7 Å². The van der Waals surface area contributed by atoms with Gasteiger partial charge in [-0.2, -0.15) is 4.98 Å². The van der Waals surface area contributed by atoms with Crippen molar-refractivity contribution in [1.29, 1.82) is 0 Å². The molecular weight excluding hydrogens is 320 g/mol. The van der Waals surface area contributed by atoms with Crippen LogP contribution in [-0.4, -0.2) is 46.4 Å². The topological polar surface area (TPSA) is 80.8 Å². The van der Waals surface area contributed by atoms with Crippen LogP contribution in [0.25, 0.3) is 11.4 Å². The van der Waals surface area contributed by atoms with Gasteiger partial charge in [0.2, 0.25) is 17.6 Å². The Kier molecular flexibility index (Phi) is 5.42. The van der Waals surface area contributed by atoms with E-state index in [1.165, 1.54) is 0 Å². The third-order valence-corrected chi connectivity index (χ3v) is 4.08. The van der Waals surface area contributed by atoms with Crippen LogP contribution >= 0.6 is 0 Å². The number of nitrogens with zero attached hydrogens (tertiary/aromatic N) is 4. The number of hydrogen-bond donors (Lipinski definition) is 0. The number of carbonyl (C=O) groups is 1. The molecule has 1 amide bonds. The third kappa shape index (κ3) is 4.43. The second-order valence-corrected chi connectivity index (χ2v) is 5.97. The number of likely N-dealkylation sites (tertiary alicyclic amines) is 1. The lowest BCUT2D eigenvalue weighted by atomic mass is 10.0. The predicted octanol–water partition coefficient (Wildman–Crippen LogP) is 2.60. The quantitative estimate of drug-likeness (QED) is 0.780. The van der Waals surface area contributed by atoms with Crippen molar-refractivity contribution in [3.63, 3.8) is 0 Å². The van der Waals surface area contributed by atoms with Crippen LogP contribution in [0.5, 0.6) is 0 Å². The van der Waals surface area contributed by atoms with Crippen LogP contribution in [0, 0.1) is 6.92 Å². The Morgan fingerprint density at radius 2 is 2.16 bits per heavy atom. The molecule has 0 bridgehead atoms. The molecule has 1 aromatic carbocycles. The van der Waals surface area contributed by atoms with Gasteiger partial charge in [0.1, 0.15) is 6.61 Å². The Bertz CT molecular complexity index is 759. The molecule has 1 aromatic heterocycles. The van der Waals surface area contributed by atoms with Gasteiger partial charge in [-0.15, -0.1) is 0 Å². The molecule has 2 heterocycles. The van der Waals surface area contributed by atoms with Crippen LogP contribution in [0.15, 0.2) is 33.9 Å². The van der Waals surface area contributed by atoms with Crippen LogP contribution in [-0.2, 0) is 16.1 Å². The summed E-state index contributed by atoms with van der Waals surface area (Å²) in [7, 11) is 0. The summed E-state index contributed by atoms with van der Waals surface area (Å²) >= 11 is 0. The monoisotopic (exact) mass is 342 g/mol. The molecule has 3 rings (SSSR count). The molecule has 2 aromatic rings. The number of hydrogen-bond acceptors (Lipinski definition) is 6. The molecule has 0 aliphatic carbocycles. The first kappa shape index (κ1) is 17.1. The highest BCUT2D eigenvalue weighted by Crippen LogP contribution is 2.18. The van der Waals surface area contributed by atoms with Gasteiger partial charge in [-0.25, -0.2) is 0 Å². The van der Waals surface area contributed by atoms with Gasteiger partial charge in [0.25, 0.3) is 0 Å². The molecule has 1 aliphatic heterocycles. The molecule has 1 fully saturated rings. The number of rotatable bonds is 5. The Morgan fingerprint density at radius 1 is 1.36 bits per heavy atom. The van der Waals surface area contributed by atoms with Crippen molar-refractivity contribution in [3.8, 4) is 11.4 Å². The maximum absolute atomic E-state index is 12.5. The van der Waals surface area contributed by atoms with Crippen molar-refractivity contribution in [1.82, 2.24) is 15.0 Å². The average Bonchev–Trinajstić information content (AvgIpc) is 3.07. The van der Waals surface area contributed by atoms with Crippen molar-refractivity contribution < 1.29 is 14.2 Å². The normalized spacial score (nSPS) is 14.5. The van der Waals surface area contributed by atoms with Gasteiger partial charge in [0, 0.05) is 38.4 Å². The van der Waals surface area contributed by atoms with Gasteiger partial charge in [-0.3, -0.25) is 4.79 Å². The van der Waals surface area contributed by atoms with E-state index in [2.05, 4.69) is 15.3 Å². The molecule has 0 saturated carbocycles. The van der Waals surface area contributed by atoms with E-state index in [9.17, 15) is 4.79 Å². The maximum Gasteiger partial charge on any atom is 0.227 e. The minimum absolute atomic E-state index is 0.122. The Balaban J connectivity index is 1.60. The Labute approximate surface area is 146 Å². The van der Waals surface area contributed by atoms with Crippen LogP contribution in [0.2, 0.25) is 0 Å². The molecule has 0 spiro atoms. The summed E-state index contributed by atoms with van der Waals surface area (Å²) in [5.74, 6) is 1.19. The van der Waals surface area contributed by atoms with E-state index >= 15 is 0 Å². The van der Waals surface area contributed by atoms with E-state index in [-0.39, 0.29) is 5.91 Å². The Morgan fingerprint density at radius 3 is 2.84 bits per heavy atom. The number of carbonyl (C=O) groups excluding carboxylic acids is 1. The summed E-state index contributed by atoms with van der Waals surface area (Å²) in [5.41, 5.74) is 2.83. The van der Waals surface area contributed by atoms with Gasteiger partial charge < -0.3 is 14.3 Å². The molecule has 25 heavy (non-hydrogen) atoms. The van der Waals surface area contributed by atoms with Crippen molar-refractivity contribution in [3.05, 3.63) is 35.7 Å². The van der Waals surface area contributed by atoms with Crippen molar-refractivity contribution in [2.45, 2.75) is 33.1 Å². The minimum Gasteiger partial charge on any atom is -0.396 e. The molecular formula is C18H22N4O3. The second-order valence-electron chi connectivity index (χ2n) is 5.97. The highest BCUT2D eigenvalue weighted by atomic mass is 16.6. The van der Waals surface area contributed by atoms with E-state index in [1.54, 1.807) is 6.92 Å². The van der Waals surface area contributed by atoms with E-state index < -0.39 is 0 Å². The summed E-state index contributed by atoms with van der Waals surface area (Å²) < 4.78 is 5.02. The molecule has 0 unspecified atom stereocenters. The van der Waals surface area contributed by atoms with Crippen molar-refractivity contribution in [2.24, 2.45) is 5.16 Å². The van der Waals surface area contributed by atoms with Gasteiger partial charge in [0.05, 0.1) is 12.1 Å². The van der Waals surface area contributed by atoms with Gasteiger partial charge in [-0.1, -0.05) is 28.5 Å². The maximum atomic E-state index is 12.5. The third-order valence-electron chi connectivity index (χ3n) is 4.08. The van der Waals surface area contributed by atoms with Crippen LogP contribution < -0.4 is 0 Å². The fraction of sp³-hybridized carbons (Fsp3) is 0.444. The summed E-state index contributed by atoms with van der Waals surface area (Å²) in [6.07, 6.45) is 1.91. The van der Waals surface area contributed by atoms with E-state index in [0.717, 1.165) is 29.7 Å². The van der Waals surface area contributed by atoms with Crippen LogP contribution in [0.3, 0.4) is 0 Å². The summed E-state index contributed by atoms with van der Waals surface area (Å²) in [5, 5.41) is 8.00. The molecule has 132 valence electrons. The molecule has 7 heteroatoms. The predicted molar refractivity (Wildman–Crippen MR) is 93.1 cm³/mol. The lowest BCUT2D eigenvalue weighted by Gasteiger charge is -2.27. The number of piperidine rings is 1. The molecule has 1 saturated heterocycles. The highest BCUT2D eigenvalue weighted by molar-refractivity contribution is 5.87. The summed E-state index contributed by atoms with van der Waals surface area (Å²) in [6, 6.07) is 7.71. The number of amides is 1. The number of oxime groups is 1. The number of aromatic nitrogens is 2. The standard InChI is InChI=1S/C18H22N4O3/c1-3-24-20-16-7-9-22(10-8-16)17(23)12-14-5-4-6-15(11-14)18-19-13(2)25-21-18/h4-6,11H,3,7-10,12H2,1-2H3. The zero-order valence-corrected chi connectivity index (χ0v) is 14.6. The first-order valence-electron chi connectivity index (χ1n) is 8.51. The SMILES string of the molecule is CCON=C1CCN(C(=O)Cc2cccc(-c3noc(C)n3)c2)CC1. The molecule has 0 radical (unpaired) electrons. The lowest BCUT2D eigenvalue weighted by molar-refractivity contribution is -0.130. The van der Waals surface area contributed by atoms with Crippen LogP contribution in [0.1, 0.15) is 31.2 Å². The molecule has 0 atom stereocenters. The zero-order chi connectivity index (χ0) is 17.6. The summed E-state index contributed by atoms with van der Waals surface area (Å²) in [6.45, 7) is 5.61. The lowest BCUT2D eigenvalue weighted by Crippen LogP contribution is -2.39. The minimum atomic E-state index is 0.122. The van der Waals surface area contributed by atoms with Gasteiger partial charge in [-0.05, 0) is 18.6 Å². The largest absolute Gasteiger partial charge is 0.396 e. The summed E-state index contributed by atoms with van der Waals surface area (Å²) in [4.78, 5) is 23.7. The average molecular weight is 342 g/mol. The smallest absolute Gasteiger partial charge is 0.227 e. The van der Waals surface area contributed by atoms with E-state index in [0.29, 0.717) is 37.8 Å². The first-order chi connectivity index (χ1) is 12.2. The van der Waals surface area contributed by atoms with E-state index in [1.807, 2.05) is 36.1 Å². The van der Waals surface area contributed by atoms with Gasteiger partial charge in [0.15, 0.2) is 0 Å². The second kappa shape index (κ2) is 7.92. The molecule has 1 aliphatic rings. The zero-order valence-electron chi connectivity index (χ0n) is 14.6. The van der Waals surface area contributed by atoms with Gasteiger partial charge >= 0.3 is 0 Å². The highest BCUT2D eigenvalue weighted by Gasteiger charge is 2.20. The Hall–Kier alpha value is -2.70. The first-order valence-corrected chi connectivity index (χ1v) is 8.51. The molecule has 0 N–H and O–H groups in total. The number of benzene rings is 1. The molecule has 7 nitrogen and oxygen atoms in total. The fourth-order valence-electron chi connectivity index (χ4n) is 2.78.